The summed E-state index contributed by atoms with van der Waals surface area (Å²) in [5.41, 5.74) is 0. The van der Waals surface area contributed by atoms with Gasteiger partial charge in [-0.2, -0.15) is 11.8 Å². The quantitative estimate of drug-likeness (QED) is 0.323. The fraction of sp³-hybridized carbons (Fsp3) is 0.143. The highest BCUT2D eigenvalue weighted by Gasteiger charge is 2.21. The Morgan fingerprint density at radius 1 is 0.313 bits per heavy atom. The first kappa shape index (κ1) is 57.3. The number of imide groups is 1. The van der Waals surface area contributed by atoms with Crippen LogP contribution in [0.3, 0.4) is 0 Å². The van der Waals surface area contributed by atoms with Crippen LogP contribution in [0.1, 0.15) is 40.5 Å². The molecule has 0 unspecified atom stereocenters. The summed E-state index contributed by atoms with van der Waals surface area (Å²) in [5, 5.41) is 0. The first-order chi connectivity index (χ1) is 33.1. The summed E-state index contributed by atoms with van der Waals surface area (Å²) in [4.78, 5) is 22.8. The number of amides is 2. The van der Waals surface area contributed by atoms with Crippen molar-refractivity contribution >= 4 is 23.6 Å². The Balaban J connectivity index is 0. The van der Waals surface area contributed by atoms with Crippen molar-refractivity contribution in [1.29, 1.82) is 0 Å². The molecule has 0 N–H and O–H groups in total. The Morgan fingerprint density at radius 2 is 0.478 bits per heavy atom. The van der Waals surface area contributed by atoms with E-state index in [0.29, 0.717) is 6.54 Å². The molecule has 0 radical (unpaired) electrons. The van der Waals surface area contributed by atoms with E-state index in [1.54, 1.807) is 13.8 Å². The van der Waals surface area contributed by atoms with Crippen LogP contribution in [-0.2, 0) is 9.59 Å². The molecule has 67 heavy (non-hydrogen) atoms. The Bertz CT molecular complexity index is 3400. The van der Waals surface area contributed by atoms with Crippen molar-refractivity contribution in [3.05, 3.63) is 12.2 Å². The van der Waals surface area contributed by atoms with Gasteiger partial charge in [-0.3, -0.25) is 14.5 Å². The first-order valence-corrected chi connectivity index (χ1v) is 19.8. The van der Waals surface area contributed by atoms with Gasteiger partial charge in [0.15, 0.2) is 0 Å². The Labute approximate surface area is 403 Å². The standard InChI is InChI=1S/C52H6.C7H9NO2.C4H10S/c1-3-5-7-9-11-13-15-17-19-21-23-25-27-29-31-33-35-37-39-41-43-45-47-49-51-52-50-48-46-44-42-40-38-36-34-32-30-28-26-24-22-20-18-16-14-12-10-8-6-4-2;1-2-5-8-6(9)3-4-7(8)10;1-3-4-5-2/h1-2H3;3-4H,2,5H2,1H3;3-4H2,1-2H3. The Morgan fingerprint density at radius 3 is 0.582 bits per heavy atom. The largest absolute Gasteiger partial charge is 0.275 e. The molecular weight excluding hydrogens is 835 g/mol. The number of hydrogen-bond donors (Lipinski definition) is 0. The smallest absolute Gasteiger partial charge is 0.253 e. The number of rotatable bonds is 4. The van der Waals surface area contributed by atoms with Gasteiger partial charge in [0.05, 0.1) is 0 Å². The molecule has 0 fully saturated rings. The lowest BCUT2D eigenvalue weighted by Crippen LogP contribution is -2.30. The summed E-state index contributed by atoms with van der Waals surface area (Å²) in [5.74, 6) is 127. The molecule has 0 saturated heterocycles. The lowest BCUT2D eigenvalue weighted by molar-refractivity contribution is -0.136. The van der Waals surface area contributed by atoms with E-state index in [4.69, 9.17) is 0 Å². The zero-order valence-corrected chi connectivity index (χ0v) is 37.5. The summed E-state index contributed by atoms with van der Waals surface area (Å²) in [6.07, 6.45) is 6.86. The molecule has 4 heteroatoms. The fourth-order valence-corrected chi connectivity index (χ4v) is 3.05. The van der Waals surface area contributed by atoms with Crippen LogP contribution in [0.25, 0.3) is 0 Å². The Kier molecular flexibility index (Phi) is 44.7. The van der Waals surface area contributed by atoms with E-state index in [1.807, 2.05) is 18.7 Å². The zero-order chi connectivity index (χ0) is 49.0. The second-order valence-electron chi connectivity index (χ2n) is 9.65. The Hall–Kier alpha value is -11.8. The van der Waals surface area contributed by atoms with Crippen LogP contribution in [0.5, 0.6) is 0 Å². The molecule has 1 aliphatic rings. The lowest BCUT2D eigenvalue weighted by atomic mass is 10.4. The predicted octanol–water partition coefficient (Wildman–Crippen LogP) is 3.19. The highest BCUT2D eigenvalue weighted by atomic mass is 32.2. The summed E-state index contributed by atoms with van der Waals surface area (Å²) in [6.45, 7) is 8.03. The van der Waals surface area contributed by atoms with Crippen molar-refractivity contribution in [3.63, 3.8) is 0 Å². The van der Waals surface area contributed by atoms with E-state index in [0.717, 1.165) is 6.42 Å². The molecule has 0 aliphatic carbocycles. The van der Waals surface area contributed by atoms with Crippen molar-refractivity contribution in [3.8, 4) is 296 Å². The molecule has 0 bridgehead atoms. The van der Waals surface area contributed by atoms with Gasteiger partial charge >= 0.3 is 0 Å². The second kappa shape index (κ2) is 52.2. The van der Waals surface area contributed by atoms with Gasteiger partial charge in [-0.25, -0.2) is 0 Å². The second-order valence-corrected chi connectivity index (χ2v) is 10.6. The third-order valence-electron chi connectivity index (χ3n) is 4.94. The van der Waals surface area contributed by atoms with E-state index in [9.17, 15) is 9.59 Å². The predicted molar refractivity (Wildman–Crippen MR) is 271 cm³/mol. The average Bonchev–Trinajstić information content (AvgIpc) is 3.65. The molecule has 0 aromatic carbocycles. The third-order valence-corrected chi connectivity index (χ3v) is 5.76. The van der Waals surface area contributed by atoms with Crippen LogP contribution in [0.2, 0.25) is 0 Å². The van der Waals surface area contributed by atoms with Gasteiger partial charge in [0.2, 0.25) is 0 Å². The zero-order valence-electron chi connectivity index (χ0n) is 36.7. The van der Waals surface area contributed by atoms with Crippen LogP contribution in [-0.4, -0.2) is 35.3 Å². The van der Waals surface area contributed by atoms with Gasteiger partial charge < -0.3 is 0 Å². The molecule has 0 aromatic heterocycles. The molecule has 1 rings (SSSR count). The number of hydrogen-bond acceptors (Lipinski definition) is 3. The molecule has 0 aromatic rings. The maximum absolute atomic E-state index is 10.8. The number of carbonyl (C=O) groups is 2. The van der Waals surface area contributed by atoms with Crippen molar-refractivity contribution < 1.29 is 9.59 Å². The van der Waals surface area contributed by atoms with Crippen molar-refractivity contribution in [1.82, 2.24) is 4.90 Å². The molecule has 0 saturated carbocycles. The van der Waals surface area contributed by atoms with Crippen molar-refractivity contribution in [2.24, 2.45) is 0 Å². The average molecular weight is 860 g/mol. The summed E-state index contributed by atoms with van der Waals surface area (Å²) in [7, 11) is 0. The minimum absolute atomic E-state index is 0.188. The van der Waals surface area contributed by atoms with E-state index in [1.165, 1.54) is 29.2 Å². The third kappa shape index (κ3) is 48.5. The number of thioether (sulfide) groups is 1. The van der Waals surface area contributed by atoms with Gasteiger partial charge in [-0.1, -0.05) is 25.7 Å². The van der Waals surface area contributed by atoms with Crippen LogP contribution in [0, 0.1) is 296 Å². The summed E-state index contributed by atoms with van der Waals surface area (Å²) in [6, 6.07) is 0. The lowest BCUT2D eigenvalue weighted by Gasteiger charge is -2.10. The summed E-state index contributed by atoms with van der Waals surface area (Å²) < 4.78 is 0. The first-order valence-electron chi connectivity index (χ1n) is 18.4. The maximum Gasteiger partial charge on any atom is 0.253 e. The minimum Gasteiger partial charge on any atom is -0.275 e. The molecule has 300 valence electrons. The van der Waals surface area contributed by atoms with Gasteiger partial charge in [-0.05, 0) is 133 Å². The van der Waals surface area contributed by atoms with Gasteiger partial charge in [-0.15, -0.1) is 0 Å². The highest BCUT2D eigenvalue weighted by molar-refractivity contribution is 7.98. The molecule has 1 heterocycles. The molecule has 0 atom stereocenters. The molecule has 3 nitrogen and oxygen atoms in total. The normalized spacial score (nSPS) is 6.25. The number of nitrogens with zero attached hydrogens (tertiary/aromatic N) is 1. The van der Waals surface area contributed by atoms with Gasteiger partial charge in [0.25, 0.3) is 11.8 Å². The van der Waals surface area contributed by atoms with E-state index < -0.39 is 0 Å². The van der Waals surface area contributed by atoms with E-state index in [2.05, 4.69) is 309 Å². The summed E-state index contributed by atoms with van der Waals surface area (Å²) >= 11 is 1.90. The molecule has 1 aliphatic heterocycles. The number of carbonyl (C=O) groups excluding carboxylic acids is 2. The van der Waals surface area contributed by atoms with Crippen LogP contribution >= 0.6 is 11.8 Å². The van der Waals surface area contributed by atoms with Crippen molar-refractivity contribution in [2.75, 3.05) is 18.6 Å². The van der Waals surface area contributed by atoms with E-state index >= 15 is 0 Å². The molecule has 2 amide bonds. The van der Waals surface area contributed by atoms with Crippen LogP contribution in [0.15, 0.2) is 12.2 Å². The topological polar surface area (TPSA) is 37.4 Å². The van der Waals surface area contributed by atoms with Gasteiger partial charge in [0.1, 0.15) is 0 Å². The highest BCUT2D eigenvalue weighted by Crippen LogP contribution is 2.03. The maximum atomic E-state index is 10.8. The van der Waals surface area contributed by atoms with Crippen LogP contribution < -0.4 is 0 Å². The monoisotopic (exact) mass is 859 g/mol. The SMILES string of the molecule is CC#CC#CC#CC#CC#CC#CC#CC#CC#CC#CC#CC#CC#CC#CC#CC#CC#CC#CC#CC#CC#CC#CC#CC#CC#CC.CCCN1C(=O)C=CC1=O.CCCSC. The van der Waals surface area contributed by atoms with E-state index in [-0.39, 0.29) is 11.8 Å². The molecular formula is C63H25NO2S. The van der Waals surface area contributed by atoms with Gasteiger partial charge in [0, 0.05) is 208 Å². The van der Waals surface area contributed by atoms with Crippen molar-refractivity contribution in [2.45, 2.75) is 40.5 Å². The fourth-order valence-electron chi connectivity index (χ4n) is 2.64. The van der Waals surface area contributed by atoms with Crippen LogP contribution in [0.4, 0.5) is 0 Å². The molecule has 0 spiro atoms. The minimum atomic E-state index is -0.188.